The predicted molar refractivity (Wildman–Crippen MR) is 77.8 cm³/mol. The van der Waals surface area contributed by atoms with Crippen LogP contribution in [0, 0.1) is 40.4 Å². The van der Waals surface area contributed by atoms with E-state index in [4.69, 9.17) is 0 Å². The van der Waals surface area contributed by atoms with E-state index in [0.717, 1.165) is 6.92 Å². The fraction of sp³-hybridized carbons (Fsp3) is 0.429. The van der Waals surface area contributed by atoms with Gasteiger partial charge in [-0.25, -0.2) is 8.78 Å². The number of Topliss-reactive ketones (excluding diaryl/α,β-unsaturated/α-hetero) is 1. The molecule has 8 nitrogen and oxygen atoms in total. The van der Waals surface area contributed by atoms with Crippen LogP contribution in [0.1, 0.15) is 22.8 Å². The fourth-order valence-corrected chi connectivity index (χ4v) is 2.01. The lowest BCUT2D eigenvalue weighted by atomic mass is 9.94. The number of esters is 1. The normalized spacial score (nSPS) is 12.2. The molecule has 0 fully saturated rings. The van der Waals surface area contributed by atoms with Crippen molar-refractivity contribution in [3.05, 3.63) is 38.7 Å². The molecule has 0 aromatic heterocycles. The van der Waals surface area contributed by atoms with Crippen LogP contribution < -0.4 is 0 Å². The van der Waals surface area contributed by atoms with E-state index in [1.54, 1.807) is 0 Å². The van der Waals surface area contributed by atoms with Gasteiger partial charge in [-0.2, -0.15) is 14.6 Å². The molecule has 1 aromatic rings. The van der Waals surface area contributed by atoms with Crippen molar-refractivity contribution in [1.82, 2.24) is 0 Å². The summed E-state index contributed by atoms with van der Waals surface area (Å²) in [6.07, 6.45) is 0. The SMILES string of the molecule is CCOC(=O)C(CN=NC)C(=O)c1c(F)c(C)c(F)c(F)c1[N+](=O)[O-]. The smallest absolute Gasteiger partial charge is 0.321 e. The van der Waals surface area contributed by atoms with Gasteiger partial charge in [0.2, 0.25) is 5.82 Å². The Balaban J connectivity index is 3.62. The van der Waals surface area contributed by atoms with Crippen LogP contribution in [-0.4, -0.2) is 36.9 Å². The molecule has 11 heteroatoms. The third-order valence-electron chi connectivity index (χ3n) is 3.24. The van der Waals surface area contributed by atoms with E-state index in [1.807, 2.05) is 0 Å². The molecule has 0 heterocycles. The summed E-state index contributed by atoms with van der Waals surface area (Å²) in [5, 5.41) is 17.8. The third-order valence-corrected chi connectivity index (χ3v) is 3.24. The van der Waals surface area contributed by atoms with Crippen molar-refractivity contribution in [3.8, 4) is 0 Å². The molecule has 0 bridgehead atoms. The van der Waals surface area contributed by atoms with Gasteiger partial charge in [0.25, 0.3) is 0 Å². The number of nitro groups is 1. The van der Waals surface area contributed by atoms with E-state index in [1.165, 1.54) is 14.0 Å². The average molecular weight is 361 g/mol. The first-order valence-electron chi connectivity index (χ1n) is 6.96. The van der Waals surface area contributed by atoms with Gasteiger partial charge in [-0.3, -0.25) is 19.7 Å². The Kier molecular flexibility index (Phi) is 6.71. The first-order valence-corrected chi connectivity index (χ1v) is 6.96. The third kappa shape index (κ3) is 3.98. The van der Waals surface area contributed by atoms with Crippen LogP contribution in [0.5, 0.6) is 0 Å². The minimum Gasteiger partial charge on any atom is -0.465 e. The zero-order chi connectivity index (χ0) is 19.3. The molecule has 0 spiro atoms. The van der Waals surface area contributed by atoms with Crippen LogP contribution in [0.3, 0.4) is 0 Å². The highest BCUT2D eigenvalue weighted by molar-refractivity contribution is 6.11. The molecular weight excluding hydrogens is 347 g/mol. The van der Waals surface area contributed by atoms with Gasteiger partial charge in [0.1, 0.15) is 17.3 Å². The number of hydrogen-bond donors (Lipinski definition) is 0. The maximum absolute atomic E-state index is 14.3. The minimum atomic E-state index is -1.99. The number of nitrogens with zero attached hydrogens (tertiary/aromatic N) is 3. The van der Waals surface area contributed by atoms with Crippen LogP contribution in [0.2, 0.25) is 0 Å². The summed E-state index contributed by atoms with van der Waals surface area (Å²) in [6.45, 7) is 1.51. The maximum atomic E-state index is 14.3. The lowest BCUT2D eigenvalue weighted by molar-refractivity contribution is -0.388. The second-order valence-corrected chi connectivity index (χ2v) is 4.74. The van der Waals surface area contributed by atoms with Crippen molar-refractivity contribution in [2.75, 3.05) is 20.2 Å². The summed E-state index contributed by atoms with van der Waals surface area (Å²) in [7, 11) is 1.23. The van der Waals surface area contributed by atoms with Crippen molar-refractivity contribution < 1.29 is 32.4 Å². The average Bonchev–Trinajstić information content (AvgIpc) is 2.55. The van der Waals surface area contributed by atoms with E-state index >= 15 is 0 Å². The molecule has 0 N–H and O–H groups in total. The van der Waals surface area contributed by atoms with Crippen molar-refractivity contribution in [2.45, 2.75) is 13.8 Å². The second kappa shape index (κ2) is 8.31. The molecule has 136 valence electrons. The van der Waals surface area contributed by atoms with Gasteiger partial charge >= 0.3 is 11.7 Å². The molecule has 1 unspecified atom stereocenters. The number of benzene rings is 1. The molecule has 0 aliphatic carbocycles. The molecular formula is C14H14F3N3O5. The van der Waals surface area contributed by atoms with E-state index in [2.05, 4.69) is 15.0 Å². The van der Waals surface area contributed by atoms with Crippen LogP contribution in [-0.2, 0) is 9.53 Å². The summed E-state index contributed by atoms with van der Waals surface area (Å²) >= 11 is 0. The summed E-state index contributed by atoms with van der Waals surface area (Å²) in [6, 6.07) is 0. The van der Waals surface area contributed by atoms with Crippen molar-refractivity contribution in [2.24, 2.45) is 16.1 Å². The second-order valence-electron chi connectivity index (χ2n) is 4.74. The van der Waals surface area contributed by atoms with E-state index < -0.39 is 63.4 Å². The Morgan fingerprint density at radius 3 is 2.32 bits per heavy atom. The molecule has 25 heavy (non-hydrogen) atoms. The molecule has 0 aliphatic heterocycles. The molecule has 0 saturated carbocycles. The number of carbonyl (C=O) groups excluding carboxylic acids is 2. The molecule has 1 atom stereocenters. The zero-order valence-electron chi connectivity index (χ0n) is 13.5. The number of halogens is 3. The number of nitro benzene ring substituents is 1. The van der Waals surface area contributed by atoms with Crippen LogP contribution in [0.4, 0.5) is 18.9 Å². The van der Waals surface area contributed by atoms with Crippen molar-refractivity contribution in [1.29, 1.82) is 0 Å². The summed E-state index contributed by atoms with van der Waals surface area (Å²) in [4.78, 5) is 34.0. The van der Waals surface area contributed by atoms with Crippen LogP contribution >= 0.6 is 0 Å². The highest BCUT2D eigenvalue weighted by Crippen LogP contribution is 2.32. The monoisotopic (exact) mass is 361 g/mol. The van der Waals surface area contributed by atoms with Gasteiger partial charge in [0, 0.05) is 12.6 Å². The van der Waals surface area contributed by atoms with Gasteiger partial charge in [-0.05, 0) is 13.8 Å². The number of ketones is 1. The van der Waals surface area contributed by atoms with Gasteiger partial charge in [0.05, 0.1) is 18.1 Å². The first kappa shape index (κ1) is 20.2. The first-order chi connectivity index (χ1) is 11.7. The minimum absolute atomic E-state index is 0.132. The number of hydrogen-bond acceptors (Lipinski definition) is 7. The zero-order valence-corrected chi connectivity index (χ0v) is 13.5. The lowest BCUT2D eigenvalue weighted by Crippen LogP contribution is -2.30. The molecule has 0 amide bonds. The van der Waals surface area contributed by atoms with Gasteiger partial charge in [0.15, 0.2) is 11.6 Å². The quantitative estimate of drug-likeness (QED) is 0.141. The molecule has 1 rings (SSSR count). The number of carbonyl (C=O) groups is 2. The Morgan fingerprint density at radius 1 is 1.24 bits per heavy atom. The molecule has 0 aliphatic rings. The maximum Gasteiger partial charge on any atom is 0.321 e. The molecule has 1 aromatic carbocycles. The largest absolute Gasteiger partial charge is 0.465 e. The predicted octanol–water partition coefficient (Wildman–Crippen LogP) is 2.76. The summed E-state index contributed by atoms with van der Waals surface area (Å²) in [5.74, 6) is -9.79. The van der Waals surface area contributed by atoms with Crippen molar-refractivity contribution in [3.63, 3.8) is 0 Å². The number of rotatable bonds is 7. The van der Waals surface area contributed by atoms with E-state index in [9.17, 15) is 32.9 Å². The Hall–Kier alpha value is -2.85. The van der Waals surface area contributed by atoms with E-state index in [-0.39, 0.29) is 6.61 Å². The lowest BCUT2D eigenvalue weighted by Gasteiger charge is -2.14. The fourth-order valence-electron chi connectivity index (χ4n) is 2.01. The topological polar surface area (TPSA) is 111 Å². The highest BCUT2D eigenvalue weighted by Gasteiger charge is 2.40. The standard InChI is InChI=1S/C14H14F3N3O5/c1-4-25-14(22)7(5-19-18-3)13(21)8-9(15)6(2)10(16)11(17)12(8)20(23)24/h7H,4-5H2,1-3H3. The van der Waals surface area contributed by atoms with Crippen LogP contribution in [0.15, 0.2) is 10.2 Å². The number of ether oxygens (including phenoxy) is 1. The Morgan fingerprint density at radius 2 is 1.84 bits per heavy atom. The van der Waals surface area contributed by atoms with Gasteiger partial charge < -0.3 is 4.74 Å². The summed E-state index contributed by atoms with van der Waals surface area (Å²) < 4.78 is 46.4. The highest BCUT2D eigenvalue weighted by atomic mass is 19.2. The van der Waals surface area contributed by atoms with E-state index in [0.29, 0.717) is 0 Å². The molecule has 0 saturated heterocycles. The van der Waals surface area contributed by atoms with Crippen molar-refractivity contribution >= 4 is 17.4 Å². The molecule has 0 radical (unpaired) electrons. The van der Waals surface area contributed by atoms with Gasteiger partial charge in [-0.1, -0.05) is 0 Å². The van der Waals surface area contributed by atoms with Gasteiger partial charge in [-0.15, -0.1) is 0 Å². The van der Waals surface area contributed by atoms with Crippen LogP contribution in [0.25, 0.3) is 0 Å². The Labute approximate surface area is 139 Å². The Bertz CT molecular complexity index is 752. The number of azo groups is 1. The summed E-state index contributed by atoms with van der Waals surface area (Å²) in [5.41, 5.74) is -3.95.